The molecule has 2 heterocycles. The Hall–Kier alpha value is -1.59. The molecule has 5 heteroatoms. The molecule has 3 aliphatic rings. The number of carbonyl (C=O) groups excluding carboxylic acids is 1. The average Bonchev–Trinajstić information content (AvgIpc) is 2.83. The van der Waals surface area contributed by atoms with Gasteiger partial charge in [0.05, 0.1) is 0 Å². The van der Waals surface area contributed by atoms with Gasteiger partial charge in [-0.15, -0.1) is 0 Å². The summed E-state index contributed by atoms with van der Waals surface area (Å²) in [7, 11) is 0. The molecular formula is C25H39N3O2. The number of Topliss-reactive ketones (excluding diaryl/α,β-unsaturated/α-hetero) is 1. The lowest BCUT2D eigenvalue weighted by atomic mass is 9.86. The molecular weight excluding hydrogens is 374 g/mol. The topological polar surface area (TPSA) is 44.8 Å². The zero-order valence-electron chi connectivity index (χ0n) is 18.5. The van der Waals surface area contributed by atoms with E-state index in [0.717, 1.165) is 50.7 Å². The fourth-order valence-corrected chi connectivity index (χ4v) is 5.22. The van der Waals surface area contributed by atoms with Crippen molar-refractivity contribution < 1.29 is 9.53 Å². The molecule has 1 N–H and O–H groups in total. The van der Waals surface area contributed by atoms with Gasteiger partial charge in [0.2, 0.25) is 0 Å². The van der Waals surface area contributed by atoms with E-state index in [1.54, 1.807) is 0 Å². The molecule has 0 radical (unpaired) electrons. The number of carbonyl (C=O) groups is 1. The Bertz CT molecular complexity index is 643. The first-order valence-corrected chi connectivity index (χ1v) is 12.2. The third-order valence-corrected chi connectivity index (χ3v) is 7.33. The molecule has 1 saturated carbocycles. The molecule has 30 heavy (non-hydrogen) atoms. The van der Waals surface area contributed by atoms with Crippen molar-refractivity contribution in [2.75, 3.05) is 57.3 Å². The molecule has 166 valence electrons. The molecule has 0 aromatic heterocycles. The van der Waals surface area contributed by atoms with Crippen molar-refractivity contribution in [2.24, 2.45) is 11.8 Å². The molecule has 0 bridgehead atoms. The maximum absolute atomic E-state index is 12.3. The van der Waals surface area contributed by atoms with Gasteiger partial charge in [-0.25, -0.2) is 0 Å². The molecule has 1 aliphatic carbocycles. The highest BCUT2D eigenvalue weighted by atomic mass is 16.5. The minimum atomic E-state index is 0.222. The summed E-state index contributed by atoms with van der Waals surface area (Å²) in [6.45, 7) is 8.36. The Morgan fingerprint density at radius 3 is 2.33 bits per heavy atom. The number of hydrogen-bond donors (Lipinski definition) is 1. The van der Waals surface area contributed by atoms with Crippen LogP contribution in [0.5, 0.6) is 5.75 Å². The molecule has 4 rings (SSSR count). The summed E-state index contributed by atoms with van der Waals surface area (Å²) in [6.07, 6.45) is 9.80. The normalized spacial score (nSPS) is 22.2. The quantitative estimate of drug-likeness (QED) is 0.704. The Morgan fingerprint density at radius 2 is 1.63 bits per heavy atom. The maximum atomic E-state index is 12.3. The van der Waals surface area contributed by atoms with E-state index in [1.807, 2.05) is 12.1 Å². The molecule has 1 aromatic carbocycles. The molecule has 3 fully saturated rings. The monoisotopic (exact) mass is 413 g/mol. The van der Waals surface area contributed by atoms with Gasteiger partial charge >= 0.3 is 0 Å². The zero-order chi connectivity index (χ0) is 20.6. The zero-order valence-corrected chi connectivity index (χ0v) is 18.5. The van der Waals surface area contributed by atoms with Crippen molar-refractivity contribution >= 4 is 11.5 Å². The minimum absolute atomic E-state index is 0.222. The Kier molecular flexibility index (Phi) is 8.04. The van der Waals surface area contributed by atoms with E-state index in [2.05, 4.69) is 27.2 Å². The van der Waals surface area contributed by atoms with Crippen LogP contribution in [0.1, 0.15) is 51.4 Å². The van der Waals surface area contributed by atoms with Crippen molar-refractivity contribution in [1.82, 2.24) is 10.2 Å². The van der Waals surface area contributed by atoms with E-state index in [0.29, 0.717) is 0 Å². The summed E-state index contributed by atoms with van der Waals surface area (Å²) in [5.74, 6) is 2.23. The van der Waals surface area contributed by atoms with E-state index in [4.69, 9.17) is 4.74 Å². The smallest absolute Gasteiger partial charge is 0.173 e. The number of ether oxygens (including phenoxy) is 1. The number of hydrogen-bond acceptors (Lipinski definition) is 5. The number of ketones is 1. The summed E-state index contributed by atoms with van der Waals surface area (Å²) < 4.78 is 5.79. The van der Waals surface area contributed by atoms with Gasteiger partial charge in [-0.3, -0.25) is 9.69 Å². The first-order valence-electron chi connectivity index (χ1n) is 12.2. The van der Waals surface area contributed by atoms with E-state index < -0.39 is 0 Å². The first kappa shape index (κ1) is 21.6. The predicted octanol–water partition coefficient (Wildman–Crippen LogP) is 3.73. The molecule has 2 aliphatic heterocycles. The highest BCUT2D eigenvalue weighted by Gasteiger charge is 2.22. The highest BCUT2D eigenvalue weighted by molar-refractivity contribution is 5.82. The van der Waals surface area contributed by atoms with Gasteiger partial charge in [0.1, 0.15) is 12.4 Å². The first-order chi connectivity index (χ1) is 14.8. The van der Waals surface area contributed by atoms with E-state index in [1.165, 1.54) is 63.8 Å². The molecule has 0 spiro atoms. The molecule has 2 saturated heterocycles. The molecule has 1 aromatic rings. The molecule has 0 atom stereocenters. The van der Waals surface area contributed by atoms with Gasteiger partial charge in [-0.05, 0) is 81.9 Å². The minimum Gasteiger partial charge on any atom is -0.486 e. The Balaban J connectivity index is 1.16. The van der Waals surface area contributed by atoms with Gasteiger partial charge in [-0.1, -0.05) is 19.3 Å². The lowest BCUT2D eigenvalue weighted by molar-refractivity contribution is -0.125. The van der Waals surface area contributed by atoms with Gasteiger partial charge in [0, 0.05) is 37.8 Å². The van der Waals surface area contributed by atoms with Crippen molar-refractivity contribution in [2.45, 2.75) is 51.4 Å². The van der Waals surface area contributed by atoms with Crippen LogP contribution in [-0.2, 0) is 4.79 Å². The SMILES string of the molecule is O=C(COc1ccc(N2CCN(CCC3CCNCC3)CC2)cc1)C1CCCCC1. The van der Waals surface area contributed by atoms with Crippen LogP contribution in [-0.4, -0.2) is 63.1 Å². The Morgan fingerprint density at radius 1 is 0.933 bits per heavy atom. The largest absolute Gasteiger partial charge is 0.486 e. The number of piperazine rings is 1. The summed E-state index contributed by atoms with van der Waals surface area (Å²) in [5.41, 5.74) is 1.26. The van der Waals surface area contributed by atoms with E-state index in [-0.39, 0.29) is 18.3 Å². The number of benzene rings is 1. The third-order valence-electron chi connectivity index (χ3n) is 7.33. The second-order valence-electron chi connectivity index (χ2n) is 9.39. The van der Waals surface area contributed by atoms with Crippen molar-refractivity contribution in [3.8, 4) is 5.75 Å². The summed E-state index contributed by atoms with van der Waals surface area (Å²) in [5, 5.41) is 3.46. The van der Waals surface area contributed by atoms with Crippen LogP contribution in [0.25, 0.3) is 0 Å². The summed E-state index contributed by atoms with van der Waals surface area (Å²) in [6, 6.07) is 8.33. The van der Waals surface area contributed by atoms with Gasteiger partial charge in [0.15, 0.2) is 5.78 Å². The fourth-order valence-electron chi connectivity index (χ4n) is 5.22. The number of rotatable bonds is 8. The fraction of sp³-hybridized carbons (Fsp3) is 0.720. The van der Waals surface area contributed by atoms with Gasteiger partial charge < -0.3 is 15.0 Å². The van der Waals surface area contributed by atoms with Crippen LogP contribution >= 0.6 is 0 Å². The number of nitrogens with zero attached hydrogens (tertiary/aromatic N) is 2. The predicted molar refractivity (Wildman–Crippen MR) is 122 cm³/mol. The second-order valence-corrected chi connectivity index (χ2v) is 9.39. The third kappa shape index (κ3) is 6.21. The van der Waals surface area contributed by atoms with E-state index >= 15 is 0 Å². The van der Waals surface area contributed by atoms with Gasteiger partial charge in [0.25, 0.3) is 0 Å². The number of anilines is 1. The maximum Gasteiger partial charge on any atom is 0.173 e. The Labute approximate surface area is 182 Å². The van der Waals surface area contributed by atoms with Crippen LogP contribution < -0.4 is 15.0 Å². The van der Waals surface area contributed by atoms with Crippen molar-refractivity contribution in [1.29, 1.82) is 0 Å². The van der Waals surface area contributed by atoms with Crippen LogP contribution in [0, 0.1) is 11.8 Å². The lowest BCUT2D eigenvalue weighted by Gasteiger charge is -2.37. The number of nitrogens with one attached hydrogen (secondary N) is 1. The summed E-state index contributed by atoms with van der Waals surface area (Å²) >= 11 is 0. The number of piperidine rings is 1. The van der Waals surface area contributed by atoms with Crippen molar-refractivity contribution in [3.05, 3.63) is 24.3 Å². The standard InChI is InChI=1S/C25H39N3O2/c29-25(22-4-2-1-3-5-22)20-30-24-8-6-23(7-9-24)28-18-16-27(17-19-28)15-12-21-10-13-26-14-11-21/h6-9,21-22,26H,1-5,10-20H2. The molecule has 0 amide bonds. The van der Waals surface area contributed by atoms with Crippen molar-refractivity contribution in [3.63, 3.8) is 0 Å². The molecule has 5 nitrogen and oxygen atoms in total. The lowest BCUT2D eigenvalue weighted by Crippen LogP contribution is -2.47. The molecule has 0 unspecified atom stereocenters. The average molecular weight is 414 g/mol. The van der Waals surface area contributed by atoms with Crippen LogP contribution in [0.3, 0.4) is 0 Å². The van der Waals surface area contributed by atoms with E-state index in [9.17, 15) is 4.79 Å². The van der Waals surface area contributed by atoms with Crippen LogP contribution in [0.2, 0.25) is 0 Å². The summed E-state index contributed by atoms with van der Waals surface area (Å²) in [4.78, 5) is 17.4. The van der Waals surface area contributed by atoms with Crippen LogP contribution in [0.15, 0.2) is 24.3 Å². The van der Waals surface area contributed by atoms with Crippen LogP contribution in [0.4, 0.5) is 5.69 Å². The highest BCUT2D eigenvalue weighted by Crippen LogP contribution is 2.25. The van der Waals surface area contributed by atoms with Gasteiger partial charge in [-0.2, -0.15) is 0 Å². The second kappa shape index (κ2) is 11.1.